The lowest BCUT2D eigenvalue weighted by Crippen LogP contribution is -2.22. The van der Waals surface area contributed by atoms with Crippen molar-refractivity contribution in [1.29, 1.82) is 0 Å². The van der Waals surface area contributed by atoms with E-state index in [1.165, 1.54) is 0 Å². The molecule has 4 N–H and O–H groups in total. The second-order valence-corrected chi connectivity index (χ2v) is 6.30. The Morgan fingerprint density at radius 2 is 1.77 bits per heavy atom. The van der Waals surface area contributed by atoms with Gasteiger partial charge in [-0.25, -0.2) is 0 Å². The summed E-state index contributed by atoms with van der Waals surface area (Å²) in [6.45, 7) is -14.3. The zero-order valence-electron chi connectivity index (χ0n) is 30.6. The molecule has 2 aromatic carbocycles. The minimum absolute atomic E-state index is 0.0225. The van der Waals surface area contributed by atoms with Gasteiger partial charge >= 0.3 is 0 Å². The van der Waals surface area contributed by atoms with E-state index in [0.717, 1.165) is 5.56 Å². The van der Waals surface area contributed by atoms with Gasteiger partial charge in [-0.15, -0.1) is 0 Å². The van der Waals surface area contributed by atoms with E-state index < -0.39 is 80.2 Å². The van der Waals surface area contributed by atoms with Gasteiger partial charge in [0.25, 0.3) is 0 Å². The van der Waals surface area contributed by atoms with Crippen LogP contribution in [0.4, 0.5) is 0 Å². The van der Waals surface area contributed by atoms with Crippen molar-refractivity contribution in [3.05, 3.63) is 65.1 Å². The van der Waals surface area contributed by atoms with Crippen LogP contribution in [-0.2, 0) is 17.7 Å². The van der Waals surface area contributed by atoms with Crippen LogP contribution >= 0.6 is 0 Å². The molecule has 2 aromatic rings. The molecule has 1 unspecified atom stereocenters. The molecule has 0 spiro atoms. The van der Waals surface area contributed by atoms with Gasteiger partial charge < -0.3 is 25.4 Å². The van der Waals surface area contributed by atoms with Gasteiger partial charge in [0.1, 0.15) is 5.75 Å². The number of nitrogens with one attached hydrogen (secondary N) is 1. The Morgan fingerprint density at radius 1 is 1.03 bits per heavy atom. The molecule has 0 aliphatic carbocycles. The summed E-state index contributed by atoms with van der Waals surface area (Å²) >= 11 is 0. The summed E-state index contributed by atoms with van der Waals surface area (Å²) in [5.74, 6) is -1.32. The molecular weight excluding hydrogens is 378 g/mol. The highest BCUT2D eigenvalue weighted by atomic mass is 16.5. The van der Waals surface area contributed by atoms with Crippen LogP contribution in [0.15, 0.2) is 48.5 Å². The number of benzene rings is 2. The Balaban J connectivity index is 2.03. The van der Waals surface area contributed by atoms with E-state index >= 15 is 0 Å². The monoisotopic (exact) mass is 429 g/mol. The maximum absolute atomic E-state index is 10.8. The van der Waals surface area contributed by atoms with Crippen molar-refractivity contribution in [3.8, 4) is 5.75 Å². The van der Waals surface area contributed by atoms with Crippen LogP contribution in [0.3, 0.4) is 0 Å². The number of hydrogen-bond acceptors (Lipinski definition) is 5. The molecule has 5 nitrogen and oxygen atoms in total. The number of aryl methyl sites for hydroxylation is 1. The standard InChI is InChI=1S/C25H37NO4/c27-20-23-18-22(13-14-24(23)28)25(29)19-26-15-7-1-2-8-16-30-17-9-6-12-21-10-4-3-5-11-21/h3-5,10-11,13-14,18,25-29H,1-2,6-9,12,15-17,19-20H2/i13D,14D,15D2,16D2,17D2,18D,19D2,20D2,25D. The first kappa shape index (κ1) is 11.1. The predicted molar refractivity (Wildman–Crippen MR) is 121 cm³/mol. The molecule has 0 aliphatic rings. The van der Waals surface area contributed by atoms with Gasteiger partial charge in [-0.3, -0.25) is 0 Å². The van der Waals surface area contributed by atoms with Gasteiger partial charge in [0.05, 0.1) is 26.3 Å². The average Bonchev–Trinajstić information content (AvgIpc) is 2.83. The normalized spacial score (nSPS) is 22.5. The van der Waals surface area contributed by atoms with E-state index in [4.69, 9.17) is 23.9 Å². The van der Waals surface area contributed by atoms with Crippen molar-refractivity contribution in [2.45, 2.75) is 57.6 Å². The summed E-state index contributed by atoms with van der Waals surface area (Å²) in [5.41, 5.74) is -1.58. The first-order valence-electron chi connectivity index (χ1n) is 16.7. The Bertz CT molecular complexity index is 1270. The van der Waals surface area contributed by atoms with Crippen LogP contribution in [0, 0.1) is 0 Å². The molecule has 0 aromatic heterocycles. The number of unbranched alkanes of at least 4 members (excludes halogenated alkanes) is 1. The topological polar surface area (TPSA) is 82.0 Å². The third kappa shape index (κ3) is 9.72. The highest BCUT2D eigenvalue weighted by Crippen LogP contribution is 2.22. The predicted octanol–water partition coefficient (Wildman–Crippen LogP) is 4.11. The smallest absolute Gasteiger partial charge is 0.121 e. The van der Waals surface area contributed by atoms with Crippen LogP contribution in [0.25, 0.3) is 0 Å². The summed E-state index contributed by atoms with van der Waals surface area (Å²) in [5, 5.41) is 32.3. The molecule has 166 valence electrons. The molecule has 1 atom stereocenters. The molecule has 5 heteroatoms. The van der Waals surface area contributed by atoms with Gasteiger partial charge in [-0.1, -0.05) is 49.2 Å². The molecule has 2 rings (SSSR count). The molecule has 0 amide bonds. The fourth-order valence-corrected chi connectivity index (χ4v) is 2.40. The zero-order chi connectivity index (χ0) is 33.9. The minimum Gasteiger partial charge on any atom is -0.508 e. The number of phenols is 1. The molecule has 0 heterocycles. The third-order valence-corrected chi connectivity index (χ3v) is 3.97. The molecule has 0 saturated heterocycles. The van der Waals surface area contributed by atoms with Crippen molar-refractivity contribution >= 4 is 0 Å². The maximum atomic E-state index is 10.8. The van der Waals surface area contributed by atoms with Crippen LogP contribution in [0.5, 0.6) is 5.75 Å². The van der Waals surface area contributed by atoms with E-state index in [1.54, 1.807) is 5.32 Å². The van der Waals surface area contributed by atoms with Crippen molar-refractivity contribution < 1.29 is 39.2 Å². The Morgan fingerprint density at radius 3 is 2.53 bits per heavy atom. The van der Waals surface area contributed by atoms with Crippen LogP contribution in [0.1, 0.15) is 80.5 Å². The summed E-state index contributed by atoms with van der Waals surface area (Å²) in [4.78, 5) is 0. The summed E-state index contributed by atoms with van der Waals surface area (Å²) < 4.78 is 117. The van der Waals surface area contributed by atoms with E-state index in [2.05, 4.69) is 0 Å². The molecule has 0 fully saturated rings. The van der Waals surface area contributed by atoms with Gasteiger partial charge in [0.2, 0.25) is 0 Å². The largest absolute Gasteiger partial charge is 0.508 e. The highest BCUT2D eigenvalue weighted by molar-refractivity contribution is 5.36. The summed E-state index contributed by atoms with van der Waals surface area (Å²) in [6.07, 6.45) is -3.69. The Kier molecular flexibility index (Phi) is 5.54. The quantitative estimate of drug-likeness (QED) is 0.302. The Hall–Kier alpha value is -1.92. The Labute approximate surface area is 200 Å². The van der Waals surface area contributed by atoms with Crippen LogP contribution in [0.2, 0.25) is 0 Å². The first-order chi connectivity index (χ1) is 19.8. The van der Waals surface area contributed by atoms with Gasteiger partial charge in [-0.05, 0) is 61.8 Å². The van der Waals surface area contributed by atoms with E-state index in [1.807, 2.05) is 30.3 Å². The summed E-state index contributed by atoms with van der Waals surface area (Å²) in [6, 6.07) is 5.62. The zero-order valence-corrected chi connectivity index (χ0v) is 16.6. The number of rotatable bonds is 16. The van der Waals surface area contributed by atoms with Crippen LogP contribution in [-0.4, -0.2) is 41.4 Å². The van der Waals surface area contributed by atoms with E-state index in [0.29, 0.717) is 12.8 Å². The number of ether oxygens (including phenoxy) is 1. The molecule has 30 heavy (non-hydrogen) atoms. The SMILES string of the molecule is [2H]c1c([2H])c(C([2H])(O)C([2H])([2H])NC([2H])([2H])CCCCC([2H])([2H])OC([2H])([2H])CCCc2ccccc2)c([2H])c(C([2H])([2H])O)c1O. The number of hydrogen-bond donors (Lipinski definition) is 4. The number of aromatic hydroxyl groups is 1. The van der Waals surface area contributed by atoms with Crippen LogP contribution < -0.4 is 5.32 Å². The lowest BCUT2D eigenvalue weighted by Gasteiger charge is -2.14. The third-order valence-electron chi connectivity index (χ3n) is 3.97. The first-order valence-corrected chi connectivity index (χ1v) is 9.65. The fourth-order valence-electron chi connectivity index (χ4n) is 2.40. The van der Waals surface area contributed by atoms with E-state index in [9.17, 15) is 15.3 Å². The minimum atomic E-state index is -3.70. The lowest BCUT2D eigenvalue weighted by atomic mass is 10.1. The second-order valence-electron chi connectivity index (χ2n) is 6.30. The second kappa shape index (κ2) is 15.0. The highest BCUT2D eigenvalue weighted by Gasteiger charge is 2.09. The average molecular weight is 430 g/mol. The number of aliphatic hydroxyl groups is 2. The molecule has 0 bridgehead atoms. The molecule has 0 aliphatic heterocycles. The lowest BCUT2D eigenvalue weighted by molar-refractivity contribution is 0.126. The van der Waals surface area contributed by atoms with Crippen molar-refractivity contribution in [2.24, 2.45) is 0 Å². The van der Waals surface area contributed by atoms with Gasteiger partial charge in [-0.2, -0.15) is 0 Å². The maximum Gasteiger partial charge on any atom is 0.121 e. The van der Waals surface area contributed by atoms with Crippen molar-refractivity contribution in [3.63, 3.8) is 0 Å². The van der Waals surface area contributed by atoms with Gasteiger partial charge in [0, 0.05) is 30.7 Å². The van der Waals surface area contributed by atoms with Crippen molar-refractivity contribution in [2.75, 3.05) is 26.1 Å². The molecule has 0 radical (unpaired) electrons. The fraction of sp³-hybridized carbons (Fsp3) is 0.520. The summed E-state index contributed by atoms with van der Waals surface area (Å²) in [7, 11) is 0. The van der Waals surface area contributed by atoms with Gasteiger partial charge in [0.15, 0.2) is 0 Å². The van der Waals surface area contributed by atoms with Crippen molar-refractivity contribution in [1.82, 2.24) is 5.32 Å². The molecule has 0 saturated carbocycles. The van der Waals surface area contributed by atoms with E-state index in [-0.39, 0.29) is 25.7 Å². The molecular formula is C25H37NO4.